The van der Waals surface area contributed by atoms with Gasteiger partial charge in [0.15, 0.2) is 0 Å². The van der Waals surface area contributed by atoms with E-state index in [1.54, 1.807) is 6.20 Å². The molecule has 1 aromatic heterocycles. The van der Waals surface area contributed by atoms with E-state index in [1.807, 2.05) is 49.4 Å². The van der Waals surface area contributed by atoms with E-state index in [4.69, 9.17) is 9.47 Å². The number of ether oxygens (including phenoxy) is 2. The highest BCUT2D eigenvalue weighted by molar-refractivity contribution is 5.77. The number of amides is 1. The predicted molar refractivity (Wildman–Crippen MR) is 98.8 cm³/mol. The lowest BCUT2D eigenvalue weighted by molar-refractivity contribution is -0.122. The van der Waals surface area contributed by atoms with Gasteiger partial charge in [-0.1, -0.05) is 18.2 Å². The second-order valence-corrected chi connectivity index (χ2v) is 6.40. The number of pyridine rings is 1. The van der Waals surface area contributed by atoms with Crippen molar-refractivity contribution in [3.63, 3.8) is 0 Å². The van der Waals surface area contributed by atoms with E-state index in [9.17, 15) is 4.79 Å². The highest BCUT2D eigenvalue weighted by Crippen LogP contribution is 2.20. The summed E-state index contributed by atoms with van der Waals surface area (Å²) < 4.78 is 11.2. The summed E-state index contributed by atoms with van der Waals surface area (Å²) in [4.78, 5) is 16.5. The molecule has 0 bridgehead atoms. The van der Waals surface area contributed by atoms with Crippen molar-refractivity contribution in [2.45, 2.75) is 32.0 Å². The molecule has 2 atom stereocenters. The molecule has 2 heterocycles. The fourth-order valence-electron chi connectivity index (χ4n) is 2.87. The number of rotatable bonds is 7. The molecule has 0 saturated carbocycles. The van der Waals surface area contributed by atoms with E-state index < -0.39 is 0 Å². The van der Waals surface area contributed by atoms with Crippen molar-refractivity contribution in [3.05, 3.63) is 59.9 Å². The van der Waals surface area contributed by atoms with Crippen molar-refractivity contribution in [2.75, 3.05) is 19.8 Å². The second kappa shape index (κ2) is 9.31. The topological polar surface area (TPSA) is 72.5 Å². The van der Waals surface area contributed by atoms with Crippen LogP contribution < -0.4 is 15.4 Å². The van der Waals surface area contributed by atoms with Gasteiger partial charge in [-0.25, -0.2) is 0 Å². The molecule has 6 heteroatoms. The summed E-state index contributed by atoms with van der Waals surface area (Å²) in [5.74, 6) is 0.775. The average Bonchev–Trinajstić information content (AvgIpc) is 2.68. The zero-order chi connectivity index (χ0) is 18.2. The molecule has 6 nitrogen and oxygen atoms in total. The number of aromatic nitrogens is 1. The van der Waals surface area contributed by atoms with Crippen LogP contribution in [0.4, 0.5) is 0 Å². The average molecular weight is 355 g/mol. The molecule has 26 heavy (non-hydrogen) atoms. The maximum atomic E-state index is 12.2. The van der Waals surface area contributed by atoms with Crippen LogP contribution >= 0.6 is 0 Å². The Morgan fingerprint density at radius 2 is 2.31 bits per heavy atom. The molecule has 0 spiro atoms. The van der Waals surface area contributed by atoms with Crippen LogP contribution in [-0.2, 0) is 16.1 Å². The molecule has 1 amide bonds. The molecular weight excluding hydrogens is 330 g/mol. The Kier molecular flexibility index (Phi) is 6.57. The summed E-state index contributed by atoms with van der Waals surface area (Å²) in [5, 5.41) is 6.33. The number of hydrogen-bond acceptors (Lipinski definition) is 5. The Labute approximate surface area is 153 Å². The quantitative estimate of drug-likeness (QED) is 0.797. The van der Waals surface area contributed by atoms with Crippen LogP contribution in [0.1, 0.15) is 30.6 Å². The van der Waals surface area contributed by atoms with Gasteiger partial charge in [0.2, 0.25) is 5.91 Å². The number of morpholine rings is 1. The monoisotopic (exact) mass is 355 g/mol. The lowest BCUT2D eigenvalue weighted by Crippen LogP contribution is -2.44. The summed E-state index contributed by atoms with van der Waals surface area (Å²) in [6.07, 6.45) is 2.17. The lowest BCUT2D eigenvalue weighted by Gasteiger charge is -2.24. The van der Waals surface area contributed by atoms with Crippen LogP contribution in [0.25, 0.3) is 0 Å². The van der Waals surface area contributed by atoms with Crippen LogP contribution in [0.2, 0.25) is 0 Å². The highest BCUT2D eigenvalue weighted by atomic mass is 16.5. The zero-order valence-electron chi connectivity index (χ0n) is 15.0. The van der Waals surface area contributed by atoms with Crippen molar-refractivity contribution < 1.29 is 14.3 Å². The number of benzene rings is 1. The molecule has 0 aliphatic carbocycles. The van der Waals surface area contributed by atoms with Gasteiger partial charge in [0, 0.05) is 25.2 Å². The van der Waals surface area contributed by atoms with Gasteiger partial charge in [0.05, 0.1) is 24.9 Å². The Hall–Kier alpha value is -2.44. The van der Waals surface area contributed by atoms with Crippen molar-refractivity contribution in [3.8, 4) is 5.75 Å². The molecule has 1 aromatic carbocycles. The second-order valence-electron chi connectivity index (χ2n) is 6.40. The predicted octanol–water partition coefficient (Wildman–Crippen LogP) is 2.22. The van der Waals surface area contributed by atoms with Crippen LogP contribution in [-0.4, -0.2) is 36.7 Å². The van der Waals surface area contributed by atoms with Crippen LogP contribution in [0.15, 0.2) is 48.7 Å². The van der Waals surface area contributed by atoms with E-state index >= 15 is 0 Å². The maximum Gasteiger partial charge on any atom is 0.222 e. The molecule has 2 N–H and O–H groups in total. The molecule has 1 fully saturated rings. The first kappa shape index (κ1) is 18.4. The van der Waals surface area contributed by atoms with Gasteiger partial charge in [-0.2, -0.15) is 0 Å². The van der Waals surface area contributed by atoms with Gasteiger partial charge in [-0.3, -0.25) is 9.78 Å². The molecule has 3 rings (SSSR count). The molecule has 2 aromatic rings. The number of hydrogen-bond donors (Lipinski definition) is 2. The van der Waals surface area contributed by atoms with E-state index in [0.717, 1.165) is 23.6 Å². The maximum absolute atomic E-state index is 12.2. The van der Waals surface area contributed by atoms with Gasteiger partial charge in [-0.15, -0.1) is 0 Å². The molecule has 2 unspecified atom stereocenters. The summed E-state index contributed by atoms with van der Waals surface area (Å²) >= 11 is 0. The Morgan fingerprint density at radius 1 is 1.38 bits per heavy atom. The number of nitrogens with zero attached hydrogens (tertiary/aromatic N) is 1. The van der Waals surface area contributed by atoms with Crippen LogP contribution in [0.3, 0.4) is 0 Å². The van der Waals surface area contributed by atoms with Crippen molar-refractivity contribution in [1.29, 1.82) is 0 Å². The minimum absolute atomic E-state index is 0.0142. The van der Waals surface area contributed by atoms with Crippen LogP contribution in [0.5, 0.6) is 5.75 Å². The Bertz CT molecular complexity index is 702. The summed E-state index contributed by atoms with van der Waals surface area (Å²) in [5.41, 5.74) is 1.88. The number of nitrogens with one attached hydrogen (secondary N) is 2. The van der Waals surface area contributed by atoms with Crippen molar-refractivity contribution >= 4 is 5.91 Å². The van der Waals surface area contributed by atoms with Crippen molar-refractivity contribution in [1.82, 2.24) is 15.6 Å². The molecule has 1 aliphatic rings. The fraction of sp³-hybridized carbons (Fsp3) is 0.400. The standard InChI is InChI=1S/C20H25N3O3/c1-15(23-20(24)12-18-13-25-10-9-22-18)16-5-4-7-19(11-16)26-14-17-6-2-3-8-21-17/h2-8,11,15,18,22H,9-10,12-14H2,1H3,(H,23,24). The van der Waals surface area contributed by atoms with Gasteiger partial charge in [0.1, 0.15) is 12.4 Å². The third kappa shape index (κ3) is 5.54. The molecule has 0 radical (unpaired) electrons. The smallest absolute Gasteiger partial charge is 0.222 e. The first-order chi connectivity index (χ1) is 12.7. The lowest BCUT2D eigenvalue weighted by atomic mass is 10.1. The largest absolute Gasteiger partial charge is 0.487 e. The van der Waals surface area contributed by atoms with Gasteiger partial charge in [-0.05, 0) is 36.8 Å². The molecular formula is C20H25N3O3. The third-order valence-electron chi connectivity index (χ3n) is 4.28. The first-order valence-corrected chi connectivity index (χ1v) is 8.94. The van der Waals surface area contributed by atoms with E-state index in [0.29, 0.717) is 26.2 Å². The first-order valence-electron chi connectivity index (χ1n) is 8.94. The minimum Gasteiger partial charge on any atom is -0.487 e. The third-order valence-corrected chi connectivity index (χ3v) is 4.28. The summed E-state index contributed by atoms with van der Waals surface area (Å²) in [6.45, 7) is 4.47. The van der Waals surface area contributed by atoms with Crippen LogP contribution in [0, 0.1) is 0 Å². The molecule has 1 saturated heterocycles. The van der Waals surface area contributed by atoms with E-state index in [1.165, 1.54) is 0 Å². The van der Waals surface area contributed by atoms with Gasteiger partial charge in [0.25, 0.3) is 0 Å². The SMILES string of the molecule is CC(NC(=O)CC1COCCN1)c1cccc(OCc2ccccn2)c1. The van der Waals surface area contributed by atoms with E-state index in [2.05, 4.69) is 15.6 Å². The summed E-state index contributed by atoms with van der Waals surface area (Å²) in [7, 11) is 0. The normalized spacial score (nSPS) is 18.1. The van der Waals surface area contributed by atoms with Crippen molar-refractivity contribution in [2.24, 2.45) is 0 Å². The summed E-state index contributed by atoms with van der Waals surface area (Å²) in [6, 6.07) is 13.5. The van der Waals surface area contributed by atoms with Gasteiger partial charge < -0.3 is 20.1 Å². The highest BCUT2D eigenvalue weighted by Gasteiger charge is 2.18. The number of carbonyl (C=O) groups is 1. The Balaban J connectivity index is 1.52. The Morgan fingerprint density at radius 3 is 3.08 bits per heavy atom. The fourth-order valence-corrected chi connectivity index (χ4v) is 2.87. The van der Waals surface area contributed by atoms with E-state index in [-0.39, 0.29) is 18.0 Å². The zero-order valence-corrected chi connectivity index (χ0v) is 15.0. The number of carbonyl (C=O) groups excluding carboxylic acids is 1. The molecule has 1 aliphatic heterocycles. The van der Waals surface area contributed by atoms with Gasteiger partial charge >= 0.3 is 0 Å². The molecule has 138 valence electrons. The minimum atomic E-state index is -0.0922.